The normalized spacial score (nSPS) is 10.1. The van der Waals surface area contributed by atoms with Gasteiger partial charge >= 0.3 is 0 Å². The number of nitriles is 1. The van der Waals surface area contributed by atoms with Gasteiger partial charge in [0.2, 0.25) is 5.76 Å². The molecule has 0 saturated heterocycles. The van der Waals surface area contributed by atoms with E-state index in [9.17, 15) is 0 Å². The second kappa shape index (κ2) is 3.74. The molecule has 0 unspecified atom stereocenters. The Morgan fingerprint density at radius 2 is 2.25 bits per heavy atom. The topological polar surface area (TPSA) is 46.2 Å². The predicted molar refractivity (Wildman–Crippen MR) is 62.2 cm³/mol. The zero-order valence-electron chi connectivity index (χ0n) is 9.20. The lowest BCUT2D eigenvalue weighted by Crippen LogP contribution is -1.85. The molecule has 0 bridgehead atoms. The van der Waals surface area contributed by atoms with Crippen LogP contribution in [0.25, 0.3) is 16.5 Å². The van der Waals surface area contributed by atoms with Crippen molar-refractivity contribution in [3.8, 4) is 11.8 Å². The second-order valence-corrected chi connectivity index (χ2v) is 3.56. The number of hydrogen-bond acceptors (Lipinski definition) is 3. The molecule has 0 amide bonds. The molecule has 0 saturated carbocycles. The van der Waals surface area contributed by atoms with E-state index < -0.39 is 0 Å². The molecular formula is C13H11NO2. The van der Waals surface area contributed by atoms with Gasteiger partial charge in [-0.1, -0.05) is 18.2 Å². The van der Waals surface area contributed by atoms with Gasteiger partial charge in [0.05, 0.1) is 7.11 Å². The van der Waals surface area contributed by atoms with Crippen LogP contribution in [0.4, 0.5) is 0 Å². The standard InChI is InChI=1S/C13H11NO2/c1-8(2)10-4-5-12(15-3)13-11(10)6-9(7-14)16-13/h4-6H,1H2,2-3H3. The zero-order valence-corrected chi connectivity index (χ0v) is 9.20. The van der Waals surface area contributed by atoms with Gasteiger partial charge < -0.3 is 9.15 Å². The molecule has 80 valence electrons. The van der Waals surface area contributed by atoms with Gasteiger partial charge in [0.25, 0.3) is 0 Å². The number of ether oxygens (including phenoxy) is 1. The van der Waals surface area contributed by atoms with Crippen LogP contribution < -0.4 is 4.74 Å². The Morgan fingerprint density at radius 1 is 1.50 bits per heavy atom. The highest BCUT2D eigenvalue weighted by Crippen LogP contribution is 2.33. The summed E-state index contributed by atoms with van der Waals surface area (Å²) in [4.78, 5) is 0. The van der Waals surface area contributed by atoms with Crippen molar-refractivity contribution in [3.63, 3.8) is 0 Å². The first kappa shape index (κ1) is 10.3. The Kier molecular flexibility index (Phi) is 2.41. The molecule has 2 rings (SSSR count). The van der Waals surface area contributed by atoms with Crippen molar-refractivity contribution in [2.75, 3.05) is 7.11 Å². The van der Waals surface area contributed by atoms with Crippen LogP contribution in [0.2, 0.25) is 0 Å². The molecule has 0 fully saturated rings. The van der Waals surface area contributed by atoms with Gasteiger partial charge in [-0.05, 0) is 18.6 Å². The van der Waals surface area contributed by atoms with Crippen molar-refractivity contribution in [2.24, 2.45) is 0 Å². The minimum atomic E-state index is 0.280. The summed E-state index contributed by atoms with van der Waals surface area (Å²) in [5, 5.41) is 9.69. The Morgan fingerprint density at radius 3 is 2.81 bits per heavy atom. The molecule has 16 heavy (non-hydrogen) atoms. The minimum absolute atomic E-state index is 0.280. The molecule has 3 nitrogen and oxygen atoms in total. The highest BCUT2D eigenvalue weighted by atomic mass is 16.5. The van der Waals surface area contributed by atoms with E-state index in [1.54, 1.807) is 13.2 Å². The molecule has 0 aliphatic carbocycles. The summed E-state index contributed by atoms with van der Waals surface area (Å²) in [6, 6.07) is 7.43. The summed E-state index contributed by atoms with van der Waals surface area (Å²) in [7, 11) is 1.57. The van der Waals surface area contributed by atoms with E-state index in [-0.39, 0.29) is 5.76 Å². The van der Waals surface area contributed by atoms with Crippen LogP contribution in [0.15, 0.2) is 29.2 Å². The first-order valence-electron chi connectivity index (χ1n) is 4.84. The number of fused-ring (bicyclic) bond motifs is 1. The van der Waals surface area contributed by atoms with Crippen molar-refractivity contribution in [1.82, 2.24) is 0 Å². The van der Waals surface area contributed by atoms with Crippen LogP contribution in [0.3, 0.4) is 0 Å². The lowest BCUT2D eigenvalue weighted by Gasteiger charge is -2.04. The van der Waals surface area contributed by atoms with Gasteiger partial charge in [0.1, 0.15) is 6.07 Å². The lowest BCUT2D eigenvalue weighted by atomic mass is 10.0. The summed E-state index contributed by atoms with van der Waals surface area (Å²) >= 11 is 0. The minimum Gasteiger partial charge on any atom is -0.493 e. The smallest absolute Gasteiger partial charge is 0.205 e. The zero-order chi connectivity index (χ0) is 11.7. The Hall–Kier alpha value is -2.21. The van der Waals surface area contributed by atoms with Crippen molar-refractivity contribution in [3.05, 3.63) is 36.1 Å². The average Bonchev–Trinajstić information content (AvgIpc) is 2.70. The van der Waals surface area contributed by atoms with E-state index in [4.69, 9.17) is 14.4 Å². The second-order valence-electron chi connectivity index (χ2n) is 3.56. The van der Waals surface area contributed by atoms with E-state index in [0.29, 0.717) is 11.3 Å². The average molecular weight is 213 g/mol. The van der Waals surface area contributed by atoms with E-state index in [1.165, 1.54) is 0 Å². The maximum atomic E-state index is 8.82. The Labute approximate surface area is 93.5 Å². The van der Waals surface area contributed by atoms with Gasteiger partial charge in [0.15, 0.2) is 11.3 Å². The largest absolute Gasteiger partial charge is 0.493 e. The van der Waals surface area contributed by atoms with E-state index in [2.05, 4.69) is 6.58 Å². The number of rotatable bonds is 2. The van der Waals surface area contributed by atoms with E-state index in [1.807, 2.05) is 25.1 Å². The van der Waals surface area contributed by atoms with Crippen molar-refractivity contribution < 1.29 is 9.15 Å². The third-order valence-electron chi connectivity index (χ3n) is 2.44. The summed E-state index contributed by atoms with van der Waals surface area (Å²) in [6.07, 6.45) is 0. The molecule has 1 aromatic heterocycles. The first-order valence-corrected chi connectivity index (χ1v) is 4.84. The molecule has 0 radical (unpaired) electrons. The number of furan rings is 1. The third-order valence-corrected chi connectivity index (χ3v) is 2.44. The lowest BCUT2D eigenvalue weighted by molar-refractivity contribution is 0.409. The summed E-state index contributed by atoms with van der Waals surface area (Å²) < 4.78 is 10.6. The van der Waals surface area contributed by atoms with Gasteiger partial charge in [-0.25, -0.2) is 0 Å². The maximum Gasteiger partial charge on any atom is 0.205 e. The molecule has 1 aromatic carbocycles. The van der Waals surface area contributed by atoms with Crippen molar-refractivity contribution >= 4 is 16.5 Å². The first-order chi connectivity index (χ1) is 7.67. The summed E-state index contributed by atoms with van der Waals surface area (Å²) in [5.41, 5.74) is 2.50. The van der Waals surface area contributed by atoms with Crippen LogP contribution >= 0.6 is 0 Å². The fraction of sp³-hybridized carbons (Fsp3) is 0.154. The Balaban J connectivity index is 2.84. The molecule has 2 aromatic rings. The molecule has 0 aliphatic heterocycles. The fourth-order valence-corrected chi connectivity index (χ4v) is 1.69. The number of benzene rings is 1. The van der Waals surface area contributed by atoms with Crippen LogP contribution in [0, 0.1) is 11.3 Å². The molecule has 0 N–H and O–H groups in total. The van der Waals surface area contributed by atoms with Crippen LogP contribution in [-0.2, 0) is 0 Å². The Bertz CT molecular complexity index is 602. The molecule has 3 heteroatoms. The van der Waals surface area contributed by atoms with Crippen LogP contribution in [-0.4, -0.2) is 7.11 Å². The third kappa shape index (κ3) is 1.45. The van der Waals surface area contributed by atoms with Crippen LogP contribution in [0.1, 0.15) is 18.2 Å². The van der Waals surface area contributed by atoms with E-state index >= 15 is 0 Å². The summed E-state index contributed by atoms with van der Waals surface area (Å²) in [6.45, 7) is 5.82. The van der Waals surface area contributed by atoms with Gasteiger partial charge in [-0.15, -0.1) is 0 Å². The number of methoxy groups -OCH3 is 1. The molecular weight excluding hydrogens is 202 g/mol. The van der Waals surface area contributed by atoms with Gasteiger partial charge in [-0.2, -0.15) is 5.26 Å². The predicted octanol–water partition coefficient (Wildman–Crippen LogP) is 3.35. The highest BCUT2D eigenvalue weighted by molar-refractivity contribution is 5.94. The van der Waals surface area contributed by atoms with Crippen LogP contribution in [0.5, 0.6) is 5.75 Å². The molecule has 0 aliphatic rings. The van der Waals surface area contributed by atoms with Gasteiger partial charge in [0, 0.05) is 11.5 Å². The molecule has 0 atom stereocenters. The molecule has 0 spiro atoms. The van der Waals surface area contributed by atoms with E-state index in [0.717, 1.165) is 16.5 Å². The monoisotopic (exact) mass is 213 g/mol. The highest BCUT2D eigenvalue weighted by Gasteiger charge is 2.12. The maximum absolute atomic E-state index is 8.82. The van der Waals surface area contributed by atoms with Crippen molar-refractivity contribution in [2.45, 2.75) is 6.92 Å². The quantitative estimate of drug-likeness (QED) is 0.768. The SMILES string of the molecule is C=C(C)c1ccc(OC)c2oc(C#N)cc12. The fourth-order valence-electron chi connectivity index (χ4n) is 1.69. The molecule has 1 heterocycles. The number of nitrogens with zero attached hydrogens (tertiary/aromatic N) is 1. The number of allylic oxidation sites excluding steroid dienone is 1. The van der Waals surface area contributed by atoms with Gasteiger partial charge in [-0.3, -0.25) is 0 Å². The van der Waals surface area contributed by atoms with Crippen molar-refractivity contribution in [1.29, 1.82) is 5.26 Å². The summed E-state index contributed by atoms with van der Waals surface area (Å²) in [5.74, 6) is 0.906. The number of hydrogen-bond donors (Lipinski definition) is 0.